The van der Waals surface area contributed by atoms with Gasteiger partial charge in [0.1, 0.15) is 10.2 Å². The van der Waals surface area contributed by atoms with E-state index in [9.17, 15) is 4.79 Å². The van der Waals surface area contributed by atoms with Crippen molar-refractivity contribution in [2.75, 3.05) is 0 Å². The number of aromatic hydroxyl groups is 1. The van der Waals surface area contributed by atoms with Gasteiger partial charge in [0.15, 0.2) is 0 Å². The summed E-state index contributed by atoms with van der Waals surface area (Å²) in [5, 5.41) is 9.15. The van der Waals surface area contributed by atoms with Crippen molar-refractivity contribution in [3.8, 4) is 5.75 Å². The van der Waals surface area contributed by atoms with E-state index in [0.29, 0.717) is 0 Å². The maximum Gasteiger partial charge on any atom is 0.268 e. The van der Waals surface area contributed by atoms with Gasteiger partial charge in [0, 0.05) is 18.8 Å². The molecule has 0 saturated carbocycles. The Morgan fingerprint density at radius 2 is 2.18 bits per heavy atom. The largest absolute Gasteiger partial charge is 0.506 e. The Morgan fingerprint density at radius 3 is 2.73 bits per heavy atom. The quantitative estimate of drug-likeness (QED) is 0.709. The molecule has 60 valence electrons. The first-order valence-corrected chi connectivity index (χ1v) is 3.88. The van der Waals surface area contributed by atoms with Gasteiger partial charge in [-0.05, 0) is 22.9 Å². The van der Waals surface area contributed by atoms with Crippen LogP contribution >= 0.6 is 15.9 Å². The van der Waals surface area contributed by atoms with Crippen molar-refractivity contribution in [3.63, 3.8) is 0 Å². The number of nitrogens with zero attached hydrogens (tertiary/aromatic N) is 1. The van der Waals surface area contributed by atoms with E-state index in [1.807, 2.05) is 0 Å². The highest BCUT2D eigenvalue weighted by molar-refractivity contribution is 9.10. The molecule has 0 fully saturated rings. The van der Waals surface area contributed by atoms with E-state index in [0.717, 1.165) is 5.69 Å². The number of rotatable bonds is 0. The molecule has 1 heterocycles. The Kier molecular flexibility index (Phi) is 2.04. The van der Waals surface area contributed by atoms with Crippen LogP contribution in [0.3, 0.4) is 0 Å². The summed E-state index contributed by atoms with van der Waals surface area (Å²) in [4.78, 5) is 11.2. The first-order chi connectivity index (χ1) is 5.04. The van der Waals surface area contributed by atoms with Gasteiger partial charge in [-0.25, -0.2) is 0 Å². The smallest absolute Gasteiger partial charge is 0.268 e. The highest BCUT2D eigenvalue weighted by Gasteiger charge is 2.05. The van der Waals surface area contributed by atoms with Crippen molar-refractivity contribution in [2.45, 2.75) is 6.92 Å². The number of hydrogen-bond acceptors (Lipinski definition) is 2. The zero-order chi connectivity index (χ0) is 8.59. The van der Waals surface area contributed by atoms with Gasteiger partial charge in [-0.15, -0.1) is 0 Å². The molecule has 0 aromatic carbocycles. The van der Waals surface area contributed by atoms with Crippen LogP contribution < -0.4 is 5.56 Å². The van der Waals surface area contributed by atoms with Crippen LogP contribution in [0, 0.1) is 6.92 Å². The predicted molar refractivity (Wildman–Crippen MR) is 45.8 cm³/mol. The summed E-state index contributed by atoms with van der Waals surface area (Å²) in [6.45, 7) is 1.76. The van der Waals surface area contributed by atoms with Crippen LogP contribution in [0.5, 0.6) is 5.75 Å². The lowest BCUT2D eigenvalue weighted by Crippen LogP contribution is -2.18. The van der Waals surface area contributed by atoms with E-state index < -0.39 is 0 Å². The van der Waals surface area contributed by atoms with Crippen molar-refractivity contribution in [1.29, 1.82) is 0 Å². The van der Waals surface area contributed by atoms with E-state index >= 15 is 0 Å². The highest BCUT2D eigenvalue weighted by atomic mass is 79.9. The molecule has 1 aromatic heterocycles. The molecule has 1 rings (SSSR count). The molecule has 0 aliphatic carbocycles. The standard InChI is InChI=1S/C7H8BrNO2/c1-4-3-5(10)6(8)7(11)9(4)2/h3,10H,1-2H3. The summed E-state index contributed by atoms with van der Waals surface area (Å²) in [7, 11) is 1.65. The van der Waals surface area contributed by atoms with Gasteiger partial charge in [0.05, 0.1) is 0 Å². The van der Waals surface area contributed by atoms with E-state index in [4.69, 9.17) is 5.11 Å². The third kappa shape index (κ3) is 1.30. The number of pyridine rings is 1. The van der Waals surface area contributed by atoms with Crippen molar-refractivity contribution >= 4 is 15.9 Å². The summed E-state index contributed by atoms with van der Waals surface area (Å²) in [5.74, 6) is -0.00870. The van der Waals surface area contributed by atoms with Crippen molar-refractivity contribution in [3.05, 3.63) is 26.6 Å². The lowest BCUT2D eigenvalue weighted by atomic mass is 10.3. The molecule has 4 heteroatoms. The molecule has 11 heavy (non-hydrogen) atoms. The average Bonchev–Trinajstić information content (AvgIpc) is 1.97. The zero-order valence-corrected chi connectivity index (χ0v) is 7.84. The zero-order valence-electron chi connectivity index (χ0n) is 6.26. The van der Waals surface area contributed by atoms with Gasteiger partial charge in [0.2, 0.25) is 0 Å². The second-order valence-corrected chi connectivity index (χ2v) is 3.14. The van der Waals surface area contributed by atoms with Crippen LogP contribution in [0.15, 0.2) is 15.3 Å². The lowest BCUT2D eigenvalue weighted by molar-refractivity contribution is 0.467. The second-order valence-electron chi connectivity index (χ2n) is 2.35. The lowest BCUT2D eigenvalue weighted by Gasteiger charge is -2.04. The van der Waals surface area contributed by atoms with E-state index in [2.05, 4.69) is 15.9 Å². The van der Waals surface area contributed by atoms with Crippen LogP contribution in [-0.2, 0) is 7.05 Å². The van der Waals surface area contributed by atoms with Crippen molar-refractivity contribution in [1.82, 2.24) is 4.57 Å². The Hall–Kier alpha value is -0.770. The minimum Gasteiger partial charge on any atom is -0.506 e. The molecule has 0 radical (unpaired) electrons. The molecule has 0 atom stereocenters. The fourth-order valence-corrected chi connectivity index (χ4v) is 1.16. The Bertz CT molecular complexity index is 314. The highest BCUT2D eigenvalue weighted by Crippen LogP contribution is 2.19. The van der Waals surface area contributed by atoms with Crippen LogP contribution in [0.2, 0.25) is 0 Å². The fraction of sp³-hybridized carbons (Fsp3) is 0.286. The molecule has 0 spiro atoms. The first-order valence-electron chi connectivity index (χ1n) is 3.09. The molecule has 0 bridgehead atoms. The number of hydrogen-bond donors (Lipinski definition) is 1. The minimum atomic E-state index is -0.220. The second kappa shape index (κ2) is 2.70. The fourth-order valence-electron chi connectivity index (χ4n) is 0.775. The third-order valence-corrected chi connectivity index (χ3v) is 2.34. The minimum absolute atomic E-state index is 0.00870. The summed E-state index contributed by atoms with van der Waals surface area (Å²) in [5.41, 5.74) is 0.512. The Balaban J connectivity index is 3.59. The molecular weight excluding hydrogens is 210 g/mol. The van der Waals surface area contributed by atoms with Gasteiger partial charge < -0.3 is 9.67 Å². The third-order valence-electron chi connectivity index (χ3n) is 1.59. The average molecular weight is 218 g/mol. The van der Waals surface area contributed by atoms with Crippen LogP contribution in [0.1, 0.15) is 5.69 Å². The van der Waals surface area contributed by atoms with E-state index in [1.165, 1.54) is 10.6 Å². The van der Waals surface area contributed by atoms with Crippen molar-refractivity contribution < 1.29 is 5.11 Å². The SMILES string of the molecule is Cc1cc(O)c(Br)c(=O)n1C. The van der Waals surface area contributed by atoms with E-state index in [-0.39, 0.29) is 15.8 Å². The number of aromatic nitrogens is 1. The van der Waals surface area contributed by atoms with E-state index in [1.54, 1.807) is 14.0 Å². The molecule has 0 saturated heterocycles. The first kappa shape index (κ1) is 8.33. The Morgan fingerprint density at radius 1 is 1.64 bits per heavy atom. The van der Waals surface area contributed by atoms with Crippen molar-refractivity contribution in [2.24, 2.45) is 7.05 Å². The Labute approximate surface area is 72.4 Å². The molecule has 0 aliphatic heterocycles. The summed E-state index contributed by atoms with van der Waals surface area (Å²) >= 11 is 2.98. The van der Waals surface area contributed by atoms with Gasteiger partial charge >= 0.3 is 0 Å². The van der Waals surface area contributed by atoms with Crippen LogP contribution in [0.25, 0.3) is 0 Å². The summed E-state index contributed by atoms with van der Waals surface area (Å²) in [6.07, 6.45) is 0. The van der Waals surface area contributed by atoms with Gasteiger partial charge in [-0.1, -0.05) is 0 Å². The molecule has 0 amide bonds. The molecule has 0 aliphatic rings. The normalized spacial score (nSPS) is 10.1. The maximum absolute atomic E-state index is 11.2. The number of halogens is 1. The summed E-state index contributed by atoms with van der Waals surface area (Å²) < 4.78 is 1.68. The molecule has 1 aromatic rings. The number of aryl methyl sites for hydroxylation is 1. The molecule has 3 nitrogen and oxygen atoms in total. The monoisotopic (exact) mass is 217 g/mol. The molecular formula is C7H8BrNO2. The van der Waals surface area contributed by atoms with Crippen LogP contribution in [0.4, 0.5) is 0 Å². The summed E-state index contributed by atoms with van der Waals surface area (Å²) in [6, 6.07) is 1.53. The van der Waals surface area contributed by atoms with Gasteiger partial charge in [-0.2, -0.15) is 0 Å². The topological polar surface area (TPSA) is 42.2 Å². The molecule has 0 unspecified atom stereocenters. The molecule has 1 N–H and O–H groups in total. The predicted octanol–water partition coefficient (Wildman–Crippen LogP) is 1.16. The van der Waals surface area contributed by atoms with Gasteiger partial charge in [-0.3, -0.25) is 4.79 Å². The maximum atomic E-state index is 11.2. The van der Waals surface area contributed by atoms with Crippen LogP contribution in [-0.4, -0.2) is 9.67 Å². The van der Waals surface area contributed by atoms with Gasteiger partial charge in [0.25, 0.3) is 5.56 Å².